The van der Waals surface area contributed by atoms with Gasteiger partial charge in [-0.1, -0.05) is 31.5 Å². The lowest BCUT2D eigenvalue weighted by Crippen LogP contribution is -2.35. The highest BCUT2D eigenvalue weighted by Gasteiger charge is 2.13. The van der Waals surface area contributed by atoms with Gasteiger partial charge in [0.1, 0.15) is 11.7 Å². The Kier molecular flexibility index (Phi) is 8.81. The molecule has 0 aliphatic carbocycles. The summed E-state index contributed by atoms with van der Waals surface area (Å²) < 4.78 is 19.3. The fourth-order valence-electron chi connectivity index (χ4n) is 2.09. The summed E-state index contributed by atoms with van der Waals surface area (Å²) in [5.74, 6) is 11.5. The molecule has 142 valence electrons. The minimum Gasteiger partial charge on any atom is -0.478 e. The Bertz CT molecular complexity index is 754. The third-order valence-corrected chi connectivity index (χ3v) is 3.68. The molecule has 2 aromatic rings. The predicted molar refractivity (Wildman–Crippen MR) is 104 cm³/mol. The van der Waals surface area contributed by atoms with Crippen LogP contribution < -0.4 is 16.4 Å². The molecule has 0 unspecified atom stereocenters. The van der Waals surface area contributed by atoms with Gasteiger partial charge in [0.25, 0.3) is 0 Å². The van der Waals surface area contributed by atoms with Gasteiger partial charge in [0.2, 0.25) is 5.88 Å². The first-order valence-corrected chi connectivity index (χ1v) is 8.68. The summed E-state index contributed by atoms with van der Waals surface area (Å²) in [7, 11) is 0. The number of nitrogens with zero attached hydrogens (tertiary/aromatic N) is 3. The molecule has 0 amide bonds. The third kappa shape index (κ3) is 5.57. The molecule has 0 saturated heterocycles. The molecule has 1 aromatic heterocycles. The van der Waals surface area contributed by atoms with Crippen molar-refractivity contribution < 1.29 is 9.13 Å². The number of pyridine rings is 1. The Balaban J connectivity index is 0.00000163. The van der Waals surface area contributed by atoms with Crippen molar-refractivity contribution in [2.45, 2.75) is 34.2 Å². The summed E-state index contributed by atoms with van der Waals surface area (Å²) in [5, 5.41) is 4.99. The van der Waals surface area contributed by atoms with Crippen LogP contribution in [-0.2, 0) is 6.54 Å². The molecule has 6 nitrogen and oxygen atoms in total. The highest BCUT2D eigenvalue weighted by atomic mass is 35.5. The Morgan fingerprint density at radius 2 is 2.04 bits per heavy atom. The van der Waals surface area contributed by atoms with Gasteiger partial charge in [-0.25, -0.2) is 15.2 Å². The zero-order valence-corrected chi connectivity index (χ0v) is 16.2. The largest absolute Gasteiger partial charge is 0.478 e. The first kappa shape index (κ1) is 21.7. The van der Waals surface area contributed by atoms with E-state index in [9.17, 15) is 4.39 Å². The first-order chi connectivity index (χ1) is 12.5. The number of rotatable bonds is 5. The molecule has 8 heteroatoms. The summed E-state index contributed by atoms with van der Waals surface area (Å²) in [5.41, 5.74) is 2.07. The van der Waals surface area contributed by atoms with E-state index in [-0.39, 0.29) is 5.02 Å². The number of ether oxygens (including phenoxy) is 1. The second-order valence-electron chi connectivity index (χ2n) is 5.06. The Hall–Kier alpha value is -2.38. The van der Waals surface area contributed by atoms with E-state index in [0.717, 1.165) is 5.56 Å². The first-order valence-electron chi connectivity index (χ1n) is 8.30. The van der Waals surface area contributed by atoms with Gasteiger partial charge >= 0.3 is 0 Å². The molecular weight excluding hydrogens is 357 g/mol. The van der Waals surface area contributed by atoms with E-state index >= 15 is 0 Å². The smallest absolute Gasteiger partial charge is 0.221 e. The fraction of sp³-hybridized carbons (Fsp3) is 0.333. The predicted octanol–water partition coefficient (Wildman–Crippen LogP) is 3.93. The summed E-state index contributed by atoms with van der Waals surface area (Å²) in [6.45, 7) is 8.33. The van der Waals surface area contributed by atoms with E-state index in [0.29, 0.717) is 36.0 Å². The molecule has 1 aromatic carbocycles. The minimum atomic E-state index is -0.506. The van der Waals surface area contributed by atoms with E-state index in [1.54, 1.807) is 19.2 Å². The van der Waals surface area contributed by atoms with Gasteiger partial charge in [-0.15, -0.1) is 0 Å². The molecule has 0 saturated carbocycles. The molecule has 26 heavy (non-hydrogen) atoms. The van der Waals surface area contributed by atoms with E-state index < -0.39 is 5.82 Å². The van der Waals surface area contributed by atoms with Crippen LogP contribution in [0.4, 0.5) is 4.39 Å². The number of amidine groups is 1. The average Bonchev–Trinajstić information content (AvgIpc) is 2.66. The van der Waals surface area contributed by atoms with Gasteiger partial charge in [0.15, 0.2) is 0 Å². The van der Waals surface area contributed by atoms with Crippen LogP contribution in [-0.4, -0.2) is 22.4 Å². The van der Waals surface area contributed by atoms with Gasteiger partial charge < -0.3 is 10.6 Å². The standard InChI is InChI=1S/C16H19ClFN5O.C2H6/c1-3-24-16-13(12-4-5-14(17)15(18)7-12)6-11(8-21-16)9-23(20)10(2)22-19;1-2/h4-8H,3,9,19-20H2,1-2H3;1-2H3/b22-10-;. The number of hydrazine groups is 1. The second-order valence-corrected chi connectivity index (χ2v) is 5.47. The van der Waals surface area contributed by atoms with Crippen LogP contribution in [0.2, 0.25) is 5.02 Å². The van der Waals surface area contributed by atoms with Crippen LogP contribution in [0.1, 0.15) is 33.3 Å². The maximum Gasteiger partial charge on any atom is 0.221 e. The summed E-state index contributed by atoms with van der Waals surface area (Å²) in [4.78, 5) is 4.30. The Morgan fingerprint density at radius 3 is 2.62 bits per heavy atom. The highest BCUT2D eigenvalue weighted by Crippen LogP contribution is 2.31. The lowest BCUT2D eigenvalue weighted by molar-refractivity contribution is 0.327. The van der Waals surface area contributed by atoms with E-state index in [2.05, 4.69) is 10.1 Å². The van der Waals surface area contributed by atoms with Crippen molar-refractivity contribution >= 4 is 17.4 Å². The van der Waals surface area contributed by atoms with E-state index in [1.807, 2.05) is 26.8 Å². The second kappa shape index (κ2) is 10.6. The van der Waals surface area contributed by atoms with Crippen molar-refractivity contribution in [3.63, 3.8) is 0 Å². The van der Waals surface area contributed by atoms with Gasteiger partial charge in [-0.3, -0.25) is 5.01 Å². The molecule has 0 spiro atoms. The number of aromatic nitrogens is 1. The number of benzene rings is 1. The SMILES string of the molecule is CC.CCOc1ncc(CN(N)/C(C)=N\N)cc1-c1ccc(Cl)c(F)c1. The van der Waals surface area contributed by atoms with Crippen molar-refractivity contribution in [1.82, 2.24) is 9.99 Å². The van der Waals surface area contributed by atoms with Crippen LogP contribution in [0.15, 0.2) is 35.6 Å². The number of halogens is 2. The lowest BCUT2D eigenvalue weighted by atomic mass is 10.0. The van der Waals surface area contributed by atoms with Crippen molar-refractivity contribution in [3.05, 3.63) is 46.9 Å². The molecule has 2 rings (SSSR count). The summed E-state index contributed by atoms with van der Waals surface area (Å²) in [6, 6.07) is 6.39. The van der Waals surface area contributed by atoms with Crippen molar-refractivity contribution in [1.29, 1.82) is 0 Å². The molecule has 0 aliphatic rings. The normalized spacial score (nSPS) is 10.8. The van der Waals surface area contributed by atoms with E-state index in [4.69, 9.17) is 28.0 Å². The summed E-state index contributed by atoms with van der Waals surface area (Å²) >= 11 is 5.75. The fourth-order valence-corrected chi connectivity index (χ4v) is 2.21. The lowest BCUT2D eigenvalue weighted by Gasteiger charge is -2.18. The number of hydrogen-bond donors (Lipinski definition) is 2. The number of hydrogen-bond acceptors (Lipinski definition) is 5. The third-order valence-electron chi connectivity index (χ3n) is 3.37. The molecular formula is C18H25ClFN5O. The molecule has 0 atom stereocenters. The van der Waals surface area contributed by atoms with Crippen LogP contribution in [0, 0.1) is 5.82 Å². The van der Waals surface area contributed by atoms with Crippen LogP contribution in [0.25, 0.3) is 11.1 Å². The Morgan fingerprint density at radius 1 is 1.35 bits per heavy atom. The zero-order valence-electron chi connectivity index (χ0n) is 15.5. The van der Waals surface area contributed by atoms with Gasteiger partial charge in [-0.2, -0.15) is 5.10 Å². The average molecular weight is 382 g/mol. The molecule has 4 N–H and O–H groups in total. The molecule has 0 fully saturated rings. The number of hydrazone groups is 1. The number of nitrogens with two attached hydrogens (primary N) is 2. The topological polar surface area (TPSA) is 89.8 Å². The van der Waals surface area contributed by atoms with Crippen LogP contribution in [0.3, 0.4) is 0 Å². The Labute approximate surface area is 158 Å². The van der Waals surface area contributed by atoms with Gasteiger partial charge in [0.05, 0.1) is 18.2 Å². The summed E-state index contributed by atoms with van der Waals surface area (Å²) in [6.07, 6.45) is 1.64. The molecule has 0 radical (unpaired) electrons. The molecule has 1 heterocycles. The highest BCUT2D eigenvalue weighted by molar-refractivity contribution is 6.30. The maximum atomic E-state index is 13.8. The van der Waals surface area contributed by atoms with Crippen molar-refractivity contribution in [2.24, 2.45) is 16.8 Å². The zero-order chi connectivity index (χ0) is 19.7. The van der Waals surface area contributed by atoms with E-state index in [1.165, 1.54) is 17.1 Å². The van der Waals surface area contributed by atoms with Crippen LogP contribution in [0.5, 0.6) is 5.88 Å². The molecule has 0 bridgehead atoms. The molecule has 0 aliphatic heterocycles. The monoisotopic (exact) mass is 381 g/mol. The van der Waals surface area contributed by atoms with Crippen molar-refractivity contribution in [2.75, 3.05) is 6.61 Å². The maximum absolute atomic E-state index is 13.8. The van der Waals surface area contributed by atoms with Crippen LogP contribution >= 0.6 is 11.6 Å². The van der Waals surface area contributed by atoms with Gasteiger partial charge in [0, 0.05) is 11.8 Å². The minimum absolute atomic E-state index is 0.0590. The van der Waals surface area contributed by atoms with Gasteiger partial charge in [-0.05, 0) is 43.2 Å². The van der Waals surface area contributed by atoms with Crippen molar-refractivity contribution in [3.8, 4) is 17.0 Å². The quantitative estimate of drug-likeness (QED) is 0.354.